The molecule has 0 radical (unpaired) electrons. The zero-order valence-corrected chi connectivity index (χ0v) is 11.6. The second kappa shape index (κ2) is 5.33. The highest BCUT2D eigenvalue weighted by atomic mass is 16.2. The molecule has 0 saturated carbocycles. The number of carbonyl (C=O) groups excluding carboxylic acids is 1. The van der Waals surface area contributed by atoms with E-state index >= 15 is 0 Å². The summed E-state index contributed by atoms with van der Waals surface area (Å²) in [6.45, 7) is 4.25. The Morgan fingerprint density at radius 3 is 3.05 bits per heavy atom. The maximum absolute atomic E-state index is 12.6. The lowest BCUT2D eigenvalue weighted by molar-refractivity contribution is -0.119. The molecule has 1 saturated heterocycles. The second-order valence-electron chi connectivity index (χ2n) is 5.86. The van der Waals surface area contributed by atoms with E-state index in [1.807, 2.05) is 11.0 Å². The van der Waals surface area contributed by atoms with Gasteiger partial charge in [-0.2, -0.15) is 0 Å². The van der Waals surface area contributed by atoms with E-state index in [2.05, 4.69) is 30.4 Å². The minimum absolute atomic E-state index is 0.297. The number of amides is 1. The first-order chi connectivity index (χ1) is 9.25. The molecule has 2 unspecified atom stereocenters. The Labute approximate surface area is 115 Å². The molecule has 1 fully saturated rings. The first-order valence-electron chi connectivity index (χ1n) is 7.36. The topological polar surface area (TPSA) is 32.3 Å². The van der Waals surface area contributed by atoms with Crippen LogP contribution in [0.1, 0.15) is 31.7 Å². The van der Waals surface area contributed by atoms with E-state index < -0.39 is 0 Å². The SMILES string of the molecule is CC1Cc2ccccc2N1C(=O)CC1CCCNC1. The van der Waals surface area contributed by atoms with Crippen molar-refractivity contribution in [2.75, 3.05) is 18.0 Å². The summed E-state index contributed by atoms with van der Waals surface area (Å²) in [5.41, 5.74) is 2.44. The van der Waals surface area contributed by atoms with E-state index in [-0.39, 0.29) is 0 Å². The summed E-state index contributed by atoms with van der Waals surface area (Å²) in [6, 6.07) is 8.61. The third kappa shape index (κ3) is 2.52. The van der Waals surface area contributed by atoms with Gasteiger partial charge < -0.3 is 10.2 Å². The van der Waals surface area contributed by atoms with E-state index in [1.165, 1.54) is 18.4 Å². The Balaban J connectivity index is 1.72. The van der Waals surface area contributed by atoms with Crippen LogP contribution < -0.4 is 10.2 Å². The Kier molecular flexibility index (Phi) is 3.56. The monoisotopic (exact) mass is 258 g/mol. The number of hydrogen-bond donors (Lipinski definition) is 1. The van der Waals surface area contributed by atoms with Crippen LogP contribution in [0.25, 0.3) is 0 Å². The summed E-state index contributed by atoms with van der Waals surface area (Å²) in [6.07, 6.45) is 4.06. The van der Waals surface area contributed by atoms with Crippen LogP contribution in [-0.2, 0) is 11.2 Å². The molecular weight excluding hydrogens is 236 g/mol. The number of rotatable bonds is 2. The summed E-state index contributed by atoms with van der Waals surface area (Å²) in [7, 11) is 0. The molecule has 3 nitrogen and oxygen atoms in total. The number of hydrogen-bond acceptors (Lipinski definition) is 2. The van der Waals surface area contributed by atoms with E-state index in [4.69, 9.17) is 0 Å². The minimum atomic E-state index is 0.297. The Morgan fingerprint density at radius 1 is 1.42 bits per heavy atom. The fourth-order valence-electron chi connectivity index (χ4n) is 3.39. The maximum atomic E-state index is 12.6. The molecule has 3 rings (SSSR count). The van der Waals surface area contributed by atoms with Crippen molar-refractivity contribution in [1.82, 2.24) is 5.32 Å². The number of piperidine rings is 1. The van der Waals surface area contributed by atoms with Gasteiger partial charge in [0.1, 0.15) is 0 Å². The van der Waals surface area contributed by atoms with Crippen LogP contribution in [-0.4, -0.2) is 25.0 Å². The molecule has 0 aliphatic carbocycles. The van der Waals surface area contributed by atoms with Gasteiger partial charge in [0.05, 0.1) is 0 Å². The number of nitrogens with one attached hydrogen (secondary N) is 1. The van der Waals surface area contributed by atoms with Crippen molar-refractivity contribution in [3.63, 3.8) is 0 Å². The number of fused-ring (bicyclic) bond motifs is 1. The van der Waals surface area contributed by atoms with Crippen LogP contribution in [0.2, 0.25) is 0 Å². The van der Waals surface area contributed by atoms with E-state index in [0.717, 1.165) is 25.2 Å². The van der Waals surface area contributed by atoms with Gasteiger partial charge in [-0.15, -0.1) is 0 Å². The molecule has 2 aliphatic rings. The van der Waals surface area contributed by atoms with E-state index in [9.17, 15) is 4.79 Å². The summed E-state index contributed by atoms with van der Waals surface area (Å²) >= 11 is 0. The Bertz CT molecular complexity index is 466. The van der Waals surface area contributed by atoms with Gasteiger partial charge in [0.15, 0.2) is 0 Å². The molecule has 3 heteroatoms. The van der Waals surface area contributed by atoms with Gasteiger partial charge >= 0.3 is 0 Å². The molecule has 1 amide bonds. The summed E-state index contributed by atoms with van der Waals surface area (Å²) in [5.74, 6) is 0.812. The van der Waals surface area contributed by atoms with Crippen LogP contribution >= 0.6 is 0 Å². The molecule has 2 heterocycles. The molecular formula is C16H22N2O. The van der Waals surface area contributed by atoms with Gasteiger partial charge in [0.2, 0.25) is 5.91 Å². The molecule has 102 valence electrons. The van der Waals surface area contributed by atoms with Crippen molar-refractivity contribution in [2.24, 2.45) is 5.92 Å². The van der Waals surface area contributed by atoms with E-state index in [1.54, 1.807) is 0 Å². The van der Waals surface area contributed by atoms with E-state index in [0.29, 0.717) is 24.3 Å². The third-order valence-electron chi connectivity index (χ3n) is 4.34. The van der Waals surface area contributed by atoms with Gasteiger partial charge in [-0.1, -0.05) is 18.2 Å². The molecule has 1 aromatic rings. The van der Waals surface area contributed by atoms with Crippen molar-refractivity contribution >= 4 is 11.6 Å². The molecule has 0 bridgehead atoms. The molecule has 0 aromatic heterocycles. The van der Waals surface area contributed by atoms with Gasteiger partial charge in [-0.05, 0) is 56.8 Å². The number of nitrogens with zero attached hydrogens (tertiary/aromatic N) is 1. The Hall–Kier alpha value is -1.35. The smallest absolute Gasteiger partial charge is 0.227 e. The van der Waals surface area contributed by atoms with Crippen molar-refractivity contribution in [3.05, 3.63) is 29.8 Å². The highest BCUT2D eigenvalue weighted by molar-refractivity contribution is 5.96. The second-order valence-corrected chi connectivity index (χ2v) is 5.86. The molecule has 1 aromatic carbocycles. The van der Waals surface area contributed by atoms with Crippen LogP contribution in [0, 0.1) is 5.92 Å². The average Bonchev–Trinajstić information content (AvgIpc) is 2.75. The number of benzene rings is 1. The third-order valence-corrected chi connectivity index (χ3v) is 4.34. The predicted molar refractivity (Wildman–Crippen MR) is 77.3 cm³/mol. The average molecular weight is 258 g/mol. The lowest BCUT2D eigenvalue weighted by Gasteiger charge is -2.27. The van der Waals surface area contributed by atoms with Crippen molar-refractivity contribution in [2.45, 2.75) is 38.6 Å². The number of anilines is 1. The lowest BCUT2D eigenvalue weighted by Crippen LogP contribution is -2.39. The molecule has 0 spiro atoms. The molecule has 19 heavy (non-hydrogen) atoms. The van der Waals surface area contributed by atoms with Gasteiger partial charge in [0, 0.05) is 18.2 Å². The first kappa shape index (κ1) is 12.7. The molecule has 1 N–H and O–H groups in total. The fourth-order valence-corrected chi connectivity index (χ4v) is 3.39. The van der Waals surface area contributed by atoms with Gasteiger partial charge in [-0.25, -0.2) is 0 Å². The van der Waals surface area contributed by atoms with Crippen molar-refractivity contribution in [3.8, 4) is 0 Å². The summed E-state index contributed by atoms with van der Waals surface area (Å²) in [4.78, 5) is 14.6. The van der Waals surface area contributed by atoms with Gasteiger partial charge in [0.25, 0.3) is 0 Å². The summed E-state index contributed by atoms with van der Waals surface area (Å²) < 4.78 is 0. The van der Waals surface area contributed by atoms with Crippen molar-refractivity contribution < 1.29 is 4.79 Å². The zero-order chi connectivity index (χ0) is 13.2. The van der Waals surface area contributed by atoms with Crippen LogP contribution in [0.15, 0.2) is 24.3 Å². The number of para-hydroxylation sites is 1. The minimum Gasteiger partial charge on any atom is -0.316 e. The molecule has 2 aliphatic heterocycles. The van der Waals surface area contributed by atoms with Gasteiger partial charge in [-0.3, -0.25) is 4.79 Å². The predicted octanol–water partition coefficient (Wildman–Crippen LogP) is 2.35. The zero-order valence-electron chi connectivity index (χ0n) is 11.6. The first-order valence-corrected chi connectivity index (χ1v) is 7.36. The van der Waals surface area contributed by atoms with Crippen molar-refractivity contribution in [1.29, 1.82) is 0 Å². The van der Waals surface area contributed by atoms with Crippen LogP contribution in [0.3, 0.4) is 0 Å². The number of carbonyl (C=O) groups is 1. The quantitative estimate of drug-likeness (QED) is 0.883. The maximum Gasteiger partial charge on any atom is 0.227 e. The standard InChI is InChI=1S/C16H22N2O/c1-12-9-14-6-2-3-7-15(14)18(12)16(19)10-13-5-4-8-17-11-13/h2-3,6-7,12-13,17H,4-5,8-11H2,1H3. The van der Waals surface area contributed by atoms with Crippen LogP contribution in [0.4, 0.5) is 5.69 Å². The molecule has 2 atom stereocenters. The normalized spacial score (nSPS) is 26.3. The lowest BCUT2D eigenvalue weighted by atomic mass is 9.95. The van der Waals surface area contributed by atoms with Crippen LogP contribution in [0.5, 0.6) is 0 Å². The summed E-state index contributed by atoms with van der Waals surface area (Å²) in [5, 5.41) is 3.39. The highest BCUT2D eigenvalue weighted by Gasteiger charge is 2.31. The Morgan fingerprint density at radius 2 is 2.26 bits per heavy atom. The fraction of sp³-hybridized carbons (Fsp3) is 0.562. The largest absolute Gasteiger partial charge is 0.316 e. The highest BCUT2D eigenvalue weighted by Crippen LogP contribution is 2.33.